The van der Waals surface area contributed by atoms with Crippen LogP contribution in [0.5, 0.6) is 0 Å². The summed E-state index contributed by atoms with van der Waals surface area (Å²) in [6, 6.07) is 4.03. The summed E-state index contributed by atoms with van der Waals surface area (Å²) in [5, 5.41) is 11.9. The Morgan fingerprint density at radius 1 is 1.13 bits per heavy atom. The Kier molecular flexibility index (Phi) is 9.48. The van der Waals surface area contributed by atoms with Gasteiger partial charge in [-0.05, 0) is 43.5 Å². The van der Waals surface area contributed by atoms with Gasteiger partial charge in [0.1, 0.15) is 0 Å². The first-order chi connectivity index (χ1) is 6.93. The normalized spacial score (nSPS) is 9.67. The third kappa shape index (κ3) is 7.31. The molecule has 86 valence electrons. The summed E-state index contributed by atoms with van der Waals surface area (Å²) in [7, 11) is 0. The summed E-state index contributed by atoms with van der Waals surface area (Å²) >= 11 is 0. The van der Waals surface area contributed by atoms with Crippen LogP contribution in [0.4, 0.5) is 0 Å². The molecular weight excluding hydrogens is 212 g/mol. The van der Waals surface area contributed by atoms with Gasteiger partial charge in [0.25, 0.3) is 0 Å². The fourth-order valence-corrected chi connectivity index (χ4v) is 1.27. The maximum Gasteiger partial charge on any atom is 0.0431 e. The molecular formula is C11H19ClN2O. The van der Waals surface area contributed by atoms with Crippen molar-refractivity contribution < 1.29 is 5.11 Å². The van der Waals surface area contributed by atoms with Crippen LogP contribution in [0.25, 0.3) is 0 Å². The summed E-state index contributed by atoms with van der Waals surface area (Å²) < 4.78 is 0. The molecule has 15 heavy (non-hydrogen) atoms. The van der Waals surface area contributed by atoms with E-state index in [1.54, 1.807) is 0 Å². The monoisotopic (exact) mass is 230 g/mol. The third-order valence-electron chi connectivity index (χ3n) is 2.09. The Labute approximate surface area is 97.3 Å². The number of hydrogen-bond donors (Lipinski definition) is 2. The van der Waals surface area contributed by atoms with Gasteiger partial charge in [0.05, 0.1) is 0 Å². The van der Waals surface area contributed by atoms with E-state index < -0.39 is 0 Å². The molecule has 0 spiro atoms. The highest BCUT2D eigenvalue weighted by Gasteiger charge is 1.91. The number of aliphatic hydroxyl groups is 1. The van der Waals surface area contributed by atoms with Gasteiger partial charge in [-0.3, -0.25) is 4.98 Å². The van der Waals surface area contributed by atoms with Gasteiger partial charge in [0, 0.05) is 25.5 Å². The van der Waals surface area contributed by atoms with E-state index in [0.717, 1.165) is 32.4 Å². The number of rotatable bonds is 7. The summed E-state index contributed by atoms with van der Waals surface area (Å²) in [4.78, 5) is 3.96. The minimum Gasteiger partial charge on any atom is -0.396 e. The number of aliphatic hydroxyl groups excluding tert-OH is 1. The Balaban J connectivity index is 0.00000196. The second kappa shape index (κ2) is 9.90. The molecule has 1 aromatic heterocycles. The second-order valence-electron chi connectivity index (χ2n) is 3.32. The van der Waals surface area contributed by atoms with Gasteiger partial charge in [-0.1, -0.05) is 0 Å². The topological polar surface area (TPSA) is 45.1 Å². The molecule has 0 radical (unpaired) electrons. The summed E-state index contributed by atoms with van der Waals surface area (Å²) in [5.74, 6) is 0. The van der Waals surface area contributed by atoms with Crippen molar-refractivity contribution in [2.75, 3.05) is 13.2 Å². The number of aromatic nitrogens is 1. The fraction of sp³-hybridized carbons (Fsp3) is 0.545. The molecule has 1 heterocycles. The van der Waals surface area contributed by atoms with Crippen LogP contribution < -0.4 is 5.32 Å². The second-order valence-corrected chi connectivity index (χ2v) is 3.32. The van der Waals surface area contributed by atoms with E-state index in [0.29, 0.717) is 6.61 Å². The average Bonchev–Trinajstić information content (AvgIpc) is 2.25. The number of nitrogens with one attached hydrogen (secondary N) is 1. The van der Waals surface area contributed by atoms with Gasteiger partial charge < -0.3 is 10.4 Å². The van der Waals surface area contributed by atoms with Crippen molar-refractivity contribution in [3.63, 3.8) is 0 Å². The summed E-state index contributed by atoms with van der Waals surface area (Å²) in [6.07, 6.45) is 6.76. The van der Waals surface area contributed by atoms with Gasteiger partial charge in [0.2, 0.25) is 0 Å². The quantitative estimate of drug-likeness (QED) is 0.702. The lowest BCUT2D eigenvalue weighted by molar-refractivity contribution is 0.283. The maximum absolute atomic E-state index is 8.57. The van der Waals surface area contributed by atoms with Gasteiger partial charge in [-0.15, -0.1) is 12.4 Å². The van der Waals surface area contributed by atoms with Crippen LogP contribution in [0.3, 0.4) is 0 Å². The Bertz CT molecular complexity index is 231. The largest absolute Gasteiger partial charge is 0.396 e. The smallest absolute Gasteiger partial charge is 0.0431 e. The third-order valence-corrected chi connectivity index (χ3v) is 2.09. The van der Waals surface area contributed by atoms with Crippen LogP contribution in [0.2, 0.25) is 0 Å². The molecule has 1 aromatic rings. The van der Waals surface area contributed by atoms with Gasteiger partial charge in [0.15, 0.2) is 0 Å². The number of nitrogens with zero attached hydrogens (tertiary/aromatic N) is 1. The molecule has 3 nitrogen and oxygen atoms in total. The number of hydrogen-bond acceptors (Lipinski definition) is 3. The first kappa shape index (κ1) is 14.4. The lowest BCUT2D eigenvalue weighted by Crippen LogP contribution is -2.14. The zero-order chi connectivity index (χ0) is 10.1. The molecule has 0 atom stereocenters. The van der Waals surface area contributed by atoms with Gasteiger partial charge >= 0.3 is 0 Å². The molecule has 0 aliphatic carbocycles. The lowest BCUT2D eigenvalue weighted by atomic mass is 10.2. The lowest BCUT2D eigenvalue weighted by Gasteiger charge is -2.03. The molecule has 0 aliphatic heterocycles. The van der Waals surface area contributed by atoms with Gasteiger partial charge in [-0.25, -0.2) is 0 Å². The van der Waals surface area contributed by atoms with Crippen molar-refractivity contribution >= 4 is 12.4 Å². The van der Waals surface area contributed by atoms with E-state index in [9.17, 15) is 0 Å². The van der Waals surface area contributed by atoms with Crippen LogP contribution in [0.15, 0.2) is 24.5 Å². The van der Waals surface area contributed by atoms with E-state index in [2.05, 4.69) is 10.3 Å². The molecule has 2 N–H and O–H groups in total. The molecule has 1 rings (SSSR count). The first-order valence-electron chi connectivity index (χ1n) is 5.14. The van der Waals surface area contributed by atoms with Crippen molar-refractivity contribution in [3.8, 4) is 0 Å². The minimum absolute atomic E-state index is 0. The number of halogens is 1. The molecule has 0 aromatic carbocycles. The highest BCUT2D eigenvalue weighted by molar-refractivity contribution is 5.85. The van der Waals surface area contributed by atoms with Gasteiger partial charge in [-0.2, -0.15) is 0 Å². The van der Waals surface area contributed by atoms with E-state index in [1.807, 2.05) is 24.5 Å². The predicted octanol–water partition coefficient (Wildman–Crippen LogP) is 1.76. The molecule has 0 amide bonds. The molecule has 0 unspecified atom stereocenters. The SMILES string of the molecule is Cl.OCCCCCNCc1ccncc1. The van der Waals surface area contributed by atoms with Crippen LogP contribution in [0.1, 0.15) is 24.8 Å². The van der Waals surface area contributed by atoms with Crippen LogP contribution in [0, 0.1) is 0 Å². The van der Waals surface area contributed by atoms with Crippen molar-refractivity contribution in [2.45, 2.75) is 25.8 Å². The highest BCUT2D eigenvalue weighted by atomic mass is 35.5. The van der Waals surface area contributed by atoms with Crippen molar-refractivity contribution in [1.29, 1.82) is 0 Å². The highest BCUT2D eigenvalue weighted by Crippen LogP contribution is 1.96. The molecule has 0 saturated heterocycles. The average molecular weight is 231 g/mol. The molecule has 4 heteroatoms. The molecule has 0 fully saturated rings. The van der Waals surface area contributed by atoms with E-state index in [1.165, 1.54) is 5.56 Å². The van der Waals surface area contributed by atoms with Crippen molar-refractivity contribution in [3.05, 3.63) is 30.1 Å². The Hall–Kier alpha value is -0.640. The fourth-order valence-electron chi connectivity index (χ4n) is 1.27. The molecule has 0 aliphatic rings. The molecule has 0 bridgehead atoms. The zero-order valence-corrected chi connectivity index (χ0v) is 9.67. The van der Waals surface area contributed by atoms with E-state index in [-0.39, 0.29) is 12.4 Å². The Morgan fingerprint density at radius 2 is 1.87 bits per heavy atom. The number of pyridine rings is 1. The van der Waals surface area contributed by atoms with Crippen molar-refractivity contribution in [1.82, 2.24) is 10.3 Å². The van der Waals surface area contributed by atoms with Crippen LogP contribution in [-0.4, -0.2) is 23.2 Å². The van der Waals surface area contributed by atoms with Crippen LogP contribution in [-0.2, 0) is 6.54 Å². The Morgan fingerprint density at radius 3 is 2.53 bits per heavy atom. The maximum atomic E-state index is 8.57. The minimum atomic E-state index is 0. The number of unbranched alkanes of at least 4 members (excludes halogenated alkanes) is 2. The zero-order valence-electron chi connectivity index (χ0n) is 8.85. The van der Waals surface area contributed by atoms with Crippen LogP contribution >= 0.6 is 12.4 Å². The first-order valence-corrected chi connectivity index (χ1v) is 5.14. The summed E-state index contributed by atoms with van der Waals surface area (Å²) in [5.41, 5.74) is 1.27. The van der Waals surface area contributed by atoms with E-state index in [4.69, 9.17) is 5.11 Å². The standard InChI is InChI=1S/C11H18N2O.ClH/c14-9-3-1-2-6-13-10-11-4-7-12-8-5-11;/h4-5,7-8,13-14H,1-3,6,9-10H2;1H. The molecule has 0 saturated carbocycles. The van der Waals surface area contributed by atoms with E-state index >= 15 is 0 Å². The van der Waals surface area contributed by atoms with Crippen molar-refractivity contribution in [2.24, 2.45) is 0 Å². The predicted molar refractivity (Wildman–Crippen MR) is 64.1 cm³/mol. The summed E-state index contributed by atoms with van der Waals surface area (Å²) in [6.45, 7) is 2.23.